The SMILES string of the molecule is NC(=O)C(=Cc1ccccc1)CBr. The summed E-state index contributed by atoms with van der Waals surface area (Å²) in [5, 5.41) is 0.483. The van der Waals surface area contributed by atoms with Crippen LogP contribution in [0.4, 0.5) is 0 Å². The van der Waals surface area contributed by atoms with Crippen molar-refractivity contribution < 1.29 is 4.79 Å². The van der Waals surface area contributed by atoms with Crippen LogP contribution >= 0.6 is 15.9 Å². The van der Waals surface area contributed by atoms with Gasteiger partial charge in [0.25, 0.3) is 0 Å². The fourth-order valence-corrected chi connectivity index (χ4v) is 1.36. The molecule has 3 heteroatoms. The van der Waals surface area contributed by atoms with Crippen LogP contribution in [0.2, 0.25) is 0 Å². The summed E-state index contributed by atoms with van der Waals surface area (Å²) in [4.78, 5) is 10.9. The molecule has 0 aliphatic heterocycles. The van der Waals surface area contributed by atoms with E-state index in [1.165, 1.54) is 0 Å². The third kappa shape index (κ3) is 3.03. The van der Waals surface area contributed by atoms with Crippen molar-refractivity contribution in [2.45, 2.75) is 0 Å². The Hall–Kier alpha value is -1.09. The van der Waals surface area contributed by atoms with Crippen molar-refractivity contribution in [3.63, 3.8) is 0 Å². The first-order valence-electron chi connectivity index (χ1n) is 3.85. The molecule has 1 aromatic carbocycles. The highest BCUT2D eigenvalue weighted by atomic mass is 79.9. The lowest BCUT2D eigenvalue weighted by molar-refractivity contribution is -0.114. The van der Waals surface area contributed by atoms with Crippen molar-refractivity contribution in [3.05, 3.63) is 41.5 Å². The number of carbonyl (C=O) groups excluding carboxylic acids is 1. The largest absolute Gasteiger partial charge is 0.366 e. The molecule has 0 saturated heterocycles. The summed E-state index contributed by atoms with van der Waals surface area (Å²) in [5.41, 5.74) is 6.72. The predicted molar refractivity (Wildman–Crippen MR) is 57.4 cm³/mol. The summed E-state index contributed by atoms with van der Waals surface area (Å²) in [7, 11) is 0. The summed E-state index contributed by atoms with van der Waals surface area (Å²) >= 11 is 3.20. The highest BCUT2D eigenvalue weighted by molar-refractivity contribution is 9.09. The minimum atomic E-state index is -0.388. The van der Waals surface area contributed by atoms with Gasteiger partial charge in [-0.15, -0.1) is 0 Å². The van der Waals surface area contributed by atoms with E-state index in [1.54, 1.807) is 6.08 Å². The van der Waals surface area contributed by atoms with E-state index < -0.39 is 0 Å². The van der Waals surface area contributed by atoms with Gasteiger partial charge in [0.15, 0.2) is 0 Å². The van der Waals surface area contributed by atoms with Crippen molar-refractivity contribution in [2.24, 2.45) is 5.73 Å². The number of amides is 1. The van der Waals surface area contributed by atoms with Gasteiger partial charge in [-0.25, -0.2) is 0 Å². The maximum absolute atomic E-state index is 10.9. The summed E-state index contributed by atoms with van der Waals surface area (Å²) < 4.78 is 0. The third-order valence-corrected chi connectivity index (χ3v) is 2.21. The first-order chi connectivity index (χ1) is 6.24. The average Bonchev–Trinajstić information content (AvgIpc) is 2.15. The Bertz CT molecular complexity index is 319. The van der Waals surface area contributed by atoms with E-state index in [4.69, 9.17) is 5.73 Å². The first-order valence-corrected chi connectivity index (χ1v) is 4.97. The van der Waals surface area contributed by atoms with Crippen LogP contribution in [0.15, 0.2) is 35.9 Å². The zero-order valence-corrected chi connectivity index (χ0v) is 8.62. The van der Waals surface area contributed by atoms with Crippen LogP contribution in [0, 0.1) is 0 Å². The molecule has 1 aromatic rings. The molecule has 0 fully saturated rings. The van der Waals surface area contributed by atoms with Gasteiger partial charge in [0.2, 0.25) is 5.91 Å². The Morgan fingerprint density at radius 1 is 1.38 bits per heavy atom. The van der Waals surface area contributed by atoms with Crippen LogP contribution < -0.4 is 5.73 Å². The van der Waals surface area contributed by atoms with Gasteiger partial charge in [-0.1, -0.05) is 46.3 Å². The fourth-order valence-electron chi connectivity index (χ4n) is 0.926. The summed E-state index contributed by atoms with van der Waals surface area (Å²) in [6.45, 7) is 0. The summed E-state index contributed by atoms with van der Waals surface area (Å²) in [6.07, 6.45) is 1.77. The number of halogens is 1. The minimum Gasteiger partial charge on any atom is -0.366 e. The number of carbonyl (C=O) groups is 1. The Balaban J connectivity index is 2.92. The van der Waals surface area contributed by atoms with Crippen molar-refractivity contribution in [3.8, 4) is 0 Å². The van der Waals surface area contributed by atoms with Crippen LogP contribution in [0.1, 0.15) is 5.56 Å². The van der Waals surface area contributed by atoms with Gasteiger partial charge in [0.05, 0.1) is 0 Å². The smallest absolute Gasteiger partial charge is 0.245 e. The number of rotatable bonds is 3. The molecule has 0 saturated carbocycles. The second kappa shape index (κ2) is 4.82. The van der Waals surface area contributed by atoms with E-state index in [0.717, 1.165) is 5.56 Å². The molecule has 0 aliphatic carbocycles. The highest BCUT2D eigenvalue weighted by Crippen LogP contribution is 2.07. The van der Waals surface area contributed by atoms with Crippen molar-refractivity contribution in [1.82, 2.24) is 0 Å². The molecule has 0 heterocycles. The Labute approximate surface area is 85.6 Å². The van der Waals surface area contributed by atoms with Gasteiger partial charge in [-0.3, -0.25) is 4.79 Å². The van der Waals surface area contributed by atoms with Gasteiger partial charge >= 0.3 is 0 Å². The van der Waals surface area contributed by atoms with Crippen molar-refractivity contribution >= 4 is 27.9 Å². The molecule has 68 valence electrons. The Morgan fingerprint density at radius 2 is 2.00 bits per heavy atom. The summed E-state index contributed by atoms with van der Waals surface area (Å²) in [5.74, 6) is -0.388. The second-order valence-electron chi connectivity index (χ2n) is 2.58. The number of benzene rings is 1. The van der Waals surface area contributed by atoms with E-state index in [0.29, 0.717) is 10.9 Å². The number of primary amides is 1. The molecule has 0 spiro atoms. The quantitative estimate of drug-likeness (QED) is 0.636. The molecule has 1 rings (SSSR count). The van der Waals surface area contributed by atoms with Crippen molar-refractivity contribution in [1.29, 1.82) is 0 Å². The number of hydrogen-bond acceptors (Lipinski definition) is 1. The minimum absolute atomic E-state index is 0.388. The van der Waals surface area contributed by atoms with E-state index in [2.05, 4.69) is 15.9 Å². The molecule has 0 unspecified atom stereocenters. The van der Waals surface area contributed by atoms with Crippen LogP contribution in [-0.4, -0.2) is 11.2 Å². The Kier molecular flexibility index (Phi) is 3.71. The van der Waals surface area contributed by atoms with Crippen LogP contribution in [0.3, 0.4) is 0 Å². The maximum atomic E-state index is 10.9. The zero-order chi connectivity index (χ0) is 9.68. The van der Waals surface area contributed by atoms with E-state index in [1.807, 2.05) is 30.3 Å². The van der Waals surface area contributed by atoms with Gasteiger partial charge < -0.3 is 5.73 Å². The zero-order valence-electron chi connectivity index (χ0n) is 7.03. The average molecular weight is 240 g/mol. The molecule has 0 aliphatic rings. The lowest BCUT2D eigenvalue weighted by Crippen LogP contribution is -2.14. The van der Waals surface area contributed by atoms with Crippen LogP contribution in [0.25, 0.3) is 6.08 Å². The standard InChI is InChI=1S/C10H10BrNO/c11-7-9(10(12)13)6-8-4-2-1-3-5-8/h1-6H,7H2,(H2,12,13). The lowest BCUT2D eigenvalue weighted by Gasteiger charge is -1.97. The fraction of sp³-hybridized carbons (Fsp3) is 0.100. The molecule has 0 bridgehead atoms. The van der Waals surface area contributed by atoms with Gasteiger partial charge in [0, 0.05) is 10.9 Å². The third-order valence-electron chi connectivity index (χ3n) is 1.60. The monoisotopic (exact) mass is 239 g/mol. The van der Waals surface area contributed by atoms with E-state index in [9.17, 15) is 4.79 Å². The van der Waals surface area contributed by atoms with Crippen LogP contribution in [-0.2, 0) is 4.79 Å². The Morgan fingerprint density at radius 3 is 2.46 bits per heavy atom. The van der Waals surface area contributed by atoms with Crippen LogP contribution in [0.5, 0.6) is 0 Å². The van der Waals surface area contributed by atoms with Gasteiger partial charge in [-0.2, -0.15) is 0 Å². The molecule has 0 aromatic heterocycles. The topological polar surface area (TPSA) is 43.1 Å². The molecular formula is C10H10BrNO. The number of hydrogen-bond donors (Lipinski definition) is 1. The maximum Gasteiger partial charge on any atom is 0.245 e. The van der Waals surface area contributed by atoms with E-state index >= 15 is 0 Å². The molecule has 1 amide bonds. The van der Waals surface area contributed by atoms with E-state index in [-0.39, 0.29) is 5.91 Å². The molecule has 2 nitrogen and oxygen atoms in total. The van der Waals surface area contributed by atoms with Gasteiger partial charge in [-0.05, 0) is 11.6 Å². The molecule has 13 heavy (non-hydrogen) atoms. The van der Waals surface area contributed by atoms with Gasteiger partial charge in [0.1, 0.15) is 0 Å². The molecular weight excluding hydrogens is 230 g/mol. The second-order valence-corrected chi connectivity index (χ2v) is 3.14. The molecule has 2 N–H and O–H groups in total. The van der Waals surface area contributed by atoms with Crippen molar-refractivity contribution in [2.75, 3.05) is 5.33 Å². The normalized spacial score (nSPS) is 11.3. The first kappa shape index (κ1) is 9.99. The number of nitrogens with two attached hydrogens (primary N) is 1. The lowest BCUT2D eigenvalue weighted by atomic mass is 10.1. The summed E-state index contributed by atoms with van der Waals surface area (Å²) in [6, 6.07) is 9.60. The predicted octanol–water partition coefficient (Wildman–Crippen LogP) is 1.95. The molecule has 0 atom stereocenters. The molecule has 0 radical (unpaired) electrons. The number of alkyl halides is 1. The highest BCUT2D eigenvalue weighted by Gasteiger charge is 2.01.